The third kappa shape index (κ3) is 4.70. The van der Waals surface area contributed by atoms with Crippen LogP contribution in [0.3, 0.4) is 0 Å². The van der Waals surface area contributed by atoms with Crippen LogP contribution in [0.1, 0.15) is 18.5 Å². The minimum absolute atomic E-state index is 0.0199. The quantitative estimate of drug-likeness (QED) is 0.782. The van der Waals surface area contributed by atoms with Gasteiger partial charge in [-0.2, -0.15) is 0 Å². The summed E-state index contributed by atoms with van der Waals surface area (Å²) in [6.07, 6.45) is 0. The van der Waals surface area contributed by atoms with Crippen molar-refractivity contribution in [2.75, 3.05) is 6.61 Å². The minimum atomic E-state index is -3.78. The van der Waals surface area contributed by atoms with E-state index in [1.54, 1.807) is 6.92 Å². The Morgan fingerprint density at radius 2 is 1.92 bits per heavy atom. The predicted molar refractivity (Wildman–Crippen MR) is 89.8 cm³/mol. The first-order chi connectivity index (χ1) is 11.3. The van der Waals surface area contributed by atoms with Crippen LogP contribution >= 0.6 is 11.6 Å². The van der Waals surface area contributed by atoms with E-state index in [9.17, 15) is 13.2 Å². The fourth-order valence-corrected chi connectivity index (χ4v) is 3.57. The molecule has 2 rings (SSSR count). The number of hydrogen-bond donors (Lipinski definition) is 2. The van der Waals surface area contributed by atoms with Gasteiger partial charge in [-0.15, -0.1) is 0 Å². The molecule has 8 heteroatoms. The highest BCUT2D eigenvalue weighted by atomic mass is 35.5. The number of carbonyl (C=O) groups is 1. The van der Waals surface area contributed by atoms with Crippen molar-refractivity contribution in [3.05, 3.63) is 59.1 Å². The van der Waals surface area contributed by atoms with E-state index in [1.807, 2.05) is 30.3 Å². The third-order valence-corrected chi connectivity index (χ3v) is 5.03. The standard InChI is InChI=1S/C16H16ClNO5S/c1-11(12-5-3-2-4-6-12)18-24(21,22)13-7-8-15(14(17)9-13)23-10-16(19)20/h2-9,11,18H,10H2,1H3,(H,19,20)/t11-/m1/s1. The van der Waals surface area contributed by atoms with Gasteiger partial charge in [-0.05, 0) is 30.7 Å². The number of carboxylic acid groups (broad SMARTS) is 1. The second-order valence-corrected chi connectivity index (χ2v) is 7.15. The summed E-state index contributed by atoms with van der Waals surface area (Å²) in [5.41, 5.74) is 0.827. The van der Waals surface area contributed by atoms with E-state index >= 15 is 0 Å². The Morgan fingerprint density at radius 1 is 1.25 bits per heavy atom. The number of aliphatic carboxylic acids is 1. The van der Waals surface area contributed by atoms with E-state index < -0.39 is 28.6 Å². The van der Waals surface area contributed by atoms with Crippen LogP contribution < -0.4 is 9.46 Å². The molecule has 0 amide bonds. The minimum Gasteiger partial charge on any atom is -0.480 e. The molecule has 1 atom stereocenters. The molecule has 0 radical (unpaired) electrons. The second-order valence-electron chi connectivity index (χ2n) is 5.03. The Morgan fingerprint density at radius 3 is 2.50 bits per heavy atom. The Kier molecular flexibility index (Phi) is 5.82. The predicted octanol–water partition coefficient (Wildman–Crippen LogP) is 2.84. The van der Waals surface area contributed by atoms with Crippen LogP contribution in [0.2, 0.25) is 5.02 Å². The number of halogens is 1. The largest absolute Gasteiger partial charge is 0.480 e. The molecule has 0 aromatic heterocycles. The SMILES string of the molecule is C[C@@H](NS(=O)(=O)c1ccc(OCC(=O)O)c(Cl)c1)c1ccccc1. The normalized spacial score (nSPS) is 12.6. The van der Waals surface area contributed by atoms with Crippen LogP contribution in [0.5, 0.6) is 5.75 Å². The molecule has 24 heavy (non-hydrogen) atoms. The van der Waals surface area contributed by atoms with Gasteiger partial charge < -0.3 is 9.84 Å². The molecule has 0 unspecified atom stereocenters. The van der Waals surface area contributed by atoms with E-state index in [1.165, 1.54) is 18.2 Å². The van der Waals surface area contributed by atoms with Gasteiger partial charge in [-0.25, -0.2) is 17.9 Å². The fourth-order valence-electron chi connectivity index (χ4n) is 2.02. The number of carboxylic acids is 1. The Hall–Kier alpha value is -2.09. The maximum atomic E-state index is 12.4. The third-order valence-electron chi connectivity index (χ3n) is 3.20. The Bertz CT molecular complexity index is 824. The number of hydrogen-bond acceptors (Lipinski definition) is 4. The first-order valence-corrected chi connectivity index (χ1v) is 8.87. The van der Waals surface area contributed by atoms with Gasteiger partial charge in [0.05, 0.1) is 9.92 Å². The zero-order valence-corrected chi connectivity index (χ0v) is 14.3. The Labute approximate surface area is 145 Å². The van der Waals surface area contributed by atoms with Crippen LogP contribution in [0.4, 0.5) is 0 Å². The average molecular weight is 370 g/mol. The first kappa shape index (κ1) is 18.3. The molecular formula is C16H16ClNO5S. The summed E-state index contributed by atoms with van der Waals surface area (Å²) >= 11 is 5.96. The molecule has 0 bridgehead atoms. The van der Waals surface area contributed by atoms with Crippen LogP contribution in [-0.4, -0.2) is 26.1 Å². The van der Waals surface area contributed by atoms with E-state index in [4.69, 9.17) is 21.4 Å². The van der Waals surface area contributed by atoms with Crippen LogP contribution in [0, 0.1) is 0 Å². The van der Waals surface area contributed by atoms with Crippen molar-refractivity contribution in [3.8, 4) is 5.75 Å². The molecule has 0 aliphatic carbocycles. The summed E-state index contributed by atoms with van der Waals surface area (Å²) < 4.78 is 32.4. The summed E-state index contributed by atoms with van der Waals surface area (Å²) in [7, 11) is -3.78. The summed E-state index contributed by atoms with van der Waals surface area (Å²) in [6.45, 7) is 1.17. The van der Waals surface area contributed by atoms with Gasteiger partial charge in [0, 0.05) is 6.04 Å². The molecular weight excluding hydrogens is 354 g/mol. The topological polar surface area (TPSA) is 92.7 Å². The maximum Gasteiger partial charge on any atom is 0.341 e. The highest BCUT2D eigenvalue weighted by molar-refractivity contribution is 7.89. The van der Waals surface area contributed by atoms with Crippen molar-refractivity contribution >= 4 is 27.6 Å². The smallest absolute Gasteiger partial charge is 0.341 e. The zero-order chi connectivity index (χ0) is 17.7. The van der Waals surface area contributed by atoms with Gasteiger partial charge in [0.25, 0.3) is 0 Å². The van der Waals surface area contributed by atoms with Gasteiger partial charge in [-0.3, -0.25) is 0 Å². The molecule has 0 saturated heterocycles. The Balaban J connectivity index is 2.17. The van der Waals surface area contributed by atoms with Crippen LogP contribution in [0.25, 0.3) is 0 Å². The molecule has 6 nitrogen and oxygen atoms in total. The molecule has 2 aromatic carbocycles. The molecule has 0 fully saturated rings. The van der Waals surface area contributed by atoms with Crippen LogP contribution in [-0.2, 0) is 14.8 Å². The number of benzene rings is 2. The lowest BCUT2D eigenvalue weighted by Gasteiger charge is -2.15. The lowest BCUT2D eigenvalue weighted by Crippen LogP contribution is -2.26. The number of rotatable bonds is 7. The molecule has 2 N–H and O–H groups in total. The molecule has 0 heterocycles. The van der Waals surface area contributed by atoms with Crippen molar-refractivity contribution in [3.63, 3.8) is 0 Å². The van der Waals surface area contributed by atoms with Gasteiger partial charge in [0.1, 0.15) is 5.75 Å². The molecule has 2 aromatic rings. The van der Waals surface area contributed by atoms with Crippen molar-refractivity contribution < 1.29 is 23.1 Å². The van der Waals surface area contributed by atoms with Crippen molar-refractivity contribution in [2.24, 2.45) is 0 Å². The van der Waals surface area contributed by atoms with E-state index in [0.29, 0.717) is 0 Å². The molecule has 0 spiro atoms. The molecule has 0 saturated carbocycles. The van der Waals surface area contributed by atoms with Crippen molar-refractivity contribution in [1.29, 1.82) is 0 Å². The summed E-state index contributed by atoms with van der Waals surface area (Å²) in [5.74, 6) is -1.05. The summed E-state index contributed by atoms with van der Waals surface area (Å²) in [4.78, 5) is 10.5. The summed E-state index contributed by atoms with van der Waals surface area (Å²) in [6, 6.07) is 12.6. The molecule has 128 valence electrons. The van der Waals surface area contributed by atoms with E-state index in [-0.39, 0.29) is 15.7 Å². The van der Waals surface area contributed by atoms with Gasteiger partial charge in [0.15, 0.2) is 6.61 Å². The molecule has 0 aliphatic heterocycles. The fraction of sp³-hybridized carbons (Fsp3) is 0.188. The van der Waals surface area contributed by atoms with E-state index in [2.05, 4.69) is 4.72 Å². The van der Waals surface area contributed by atoms with E-state index in [0.717, 1.165) is 5.56 Å². The lowest BCUT2D eigenvalue weighted by molar-refractivity contribution is -0.139. The number of nitrogens with one attached hydrogen (secondary N) is 1. The van der Waals surface area contributed by atoms with Crippen molar-refractivity contribution in [1.82, 2.24) is 4.72 Å². The van der Waals surface area contributed by atoms with Crippen molar-refractivity contribution in [2.45, 2.75) is 17.9 Å². The van der Waals surface area contributed by atoms with Gasteiger partial charge >= 0.3 is 5.97 Å². The number of sulfonamides is 1. The van der Waals surface area contributed by atoms with Gasteiger partial charge in [-0.1, -0.05) is 41.9 Å². The highest BCUT2D eigenvalue weighted by Crippen LogP contribution is 2.28. The summed E-state index contributed by atoms with van der Waals surface area (Å²) in [5, 5.41) is 8.60. The second kappa shape index (κ2) is 7.65. The highest BCUT2D eigenvalue weighted by Gasteiger charge is 2.20. The first-order valence-electron chi connectivity index (χ1n) is 7.01. The maximum absolute atomic E-state index is 12.4. The average Bonchev–Trinajstić information content (AvgIpc) is 2.54. The molecule has 0 aliphatic rings. The lowest BCUT2D eigenvalue weighted by atomic mass is 10.1. The number of ether oxygens (including phenoxy) is 1. The van der Waals surface area contributed by atoms with Gasteiger partial charge in [0.2, 0.25) is 10.0 Å². The van der Waals surface area contributed by atoms with Crippen LogP contribution in [0.15, 0.2) is 53.4 Å². The monoisotopic (exact) mass is 369 g/mol. The zero-order valence-electron chi connectivity index (χ0n) is 12.8.